The third-order valence-corrected chi connectivity index (χ3v) is 4.95. The van der Waals surface area contributed by atoms with E-state index in [1.54, 1.807) is 20.8 Å². The maximum atomic E-state index is 12.3. The average molecular weight is 306 g/mol. The highest BCUT2D eigenvalue weighted by Gasteiger charge is 2.33. The molecule has 0 saturated carbocycles. The highest BCUT2D eigenvalue weighted by Crippen LogP contribution is 2.19. The first-order valence-electron chi connectivity index (χ1n) is 7.05. The van der Waals surface area contributed by atoms with Crippen LogP contribution in [0.15, 0.2) is 0 Å². The van der Waals surface area contributed by atoms with Crippen molar-refractivity contribution in [2.45, 2.75) is 71.6 Å². The van der Waals surface area contributed by atoms with E-state index in [0.29, 0.717) is 6.54 Å². The van der Waals surface area contributed by atoms with Gasteiger partial charge in [-0.05, 0) is 47.5 Å². The SMILES string of the molecule is CC1CCCCN1S(=O)(=O)N[C@@H](C)C(=O)OC(C)(C)C. The standard InChI is InChI=1S/C13H26N2O4S/c1-10-8-6-7-9-15(10)20(17,18)14-11(2)12(16)19-13(3,4)5/h10-11,14H,6-9H2,1-5H3/t10?,11-/m0/s1. The molecule has 1 aliphatic heterocycles. The topological polar surface area (TPSA) is 75.7 Å². The van der Waals surface area contributed by atoms with Crippen LogP contribution in [0.25, 0.3) is 0 Å². The maximum absolute atomic E-state index is 12.3. The van der Waals surface area contributed by atoms with Gasteiger partial charge in [0.25, 0.3) is 10.2 Å². The Morgan fingerprint density at radius 2 is 1.95 bits per heavy atom. The van der Waals surface area contributed by atoms with Gasteiger partial charge in [-0.25, -0.2) is 0 Å². The zero-order chi connectivity index (χ0) is 15.6. The molecule has 7 heteroatoms. The molecule has 0 amide bonds. The molecule has 1 heterocycles. The number of hydrogen-bond acceptors (Lipinski definition) is 4. The Morgan fingerprint density at radius 1 is 1.35 bits per heavy atom. The van der Waals surface area contributed by atoms with Gasteiger partial charge in [0.1, 0.15) is 11.6 Å². The molecule has 0 aromatic carbocycles. The molecule has 0 bridgehead atoms. The number of ether oxygens (including phenoxy) is 1. The van der Waals surface area contributed by atoms with E-state index in [4.69, 9.17) is 4.74 Å². The van der Waals surface area contributed by atoms with Crippen molar-refractivity contribution in [2.75, 3.05) is 6.54 Å². The predicted molar refractivity (Wildman–Crippen MR) is 77.4 cm³/mol. The molecule has 0 radical (unpaired) electrons. The highest BCUT2D eigenvalue weighted by atomic mass is 32.2. The van der Waals surface area contributed by atoms with Crippen molar-refractivity contribution >= 4 is 16.2 Å². The molecule has 1 unspecified atom stereocenters. The molecule has 1 N–H and O–H groups in total. The zero-order valence-electron chi connectivity index (χ0n) is 13.0. The Labute approximate surface area is 122 Å². The fraction of sp³-hybridized carbons (Fsp3) is 0.923. The van der Waals surface area contributed by atoms with Gasteiger partial charge in [0.15, 0.2) is 0 Å². The summed E-state index contributed by atoms with van der Waals surface area (Å²) in [6.07, 6.45) is 2.74. The van der Waals surface area contributed by atoms with Gasteiger partial charge in [0, 0.05) is 12.6 Å². The number of rotatable bonds is 4. The zero-order valence-corrected chi connectivity index (χ0v) is 13.8. The fourth-order valence-corrected chi connectivity index (χ4v) is 3.79. The second kappa shape index (κ2) is 6.41. The summed E-state index contributed by atoms with van der Waals surface area (Å²) in [6, 6.07) is -0.930. The Morgan fingerprint density at radius 3 is 2.45 bits per heavy atom. The van der Waals surface area contributed by atoms with Gasteiger partial charge in [-0.2, -0.15) is 17.4 Å². The van der Waals surface area contributed by atoms with E-state index in [1.807, 2.05) is 6.92 Å². The van der Waals surface area contributed by atoms with Gasteiger partial charge in [0.2, 0.25) is 0 Å². The normalized spacial score (nSPS) is 23.4. The van der Waals surface area contributed by atoms with Gasteiger partial charge in [0.05, 0.1) is 0 Å². The minimum Gasteiger partial charge on any atom is -0.459 e. The molecule has 0 aromatic heterocycles. The van der Waals surface area contributed by atoms with Crippen molar-refractivity contribution in [3.63, 3.8) is 0 Å². The van der Waals surface area contributed by atoms with Crippen LogP contribution in [0.4, 0.5) is 0 Å². The first kappa shape index (κ1) is 17.4. The van der Waals surface area contributed by atoms with Crippen LogP contribution < -0.4 is 4.72 Å². The quantitative estimate of drug-likeness (QED) is 0.797. The van der Waals surface area contributed by atoms with Gasteiger partial charge < -0.3 is 4.74 Å². The van der Waals surface area contributed by atoms with Crippen molar-refractivity contribution in [1.82, 2.24) is 9.03 Å². The first-order valence-corrected chi connectivity index (χ1v) is 8.49. The first-order chi connectivity index (χ1) is 9.03. The molecule has 6 nitrogen and oxygen atoms in total. The molecule has 0 aromatic rings. The molecule has 1 fully saturated rings. The molecule has 118 valence electrons. The van der Waals surface area contributed by atoms with E-state index >= 15 is 0 Å². The lowest BCUT2D eigenvalue weighted by molar-refractivity contribution is -0.156. The molecule has 2 atom stereocenters. The summed E-state index contributed by atoms with van der Waals surface area (Å²) in [5.41, 5.74) is -0.630. The number of carbonyl (C=O) groups is 1. The Hall–Kier alpha value is -0.660. The fourth-order valence-electron chi connectivity index (χ4n) is 2.16. The molecule has 1 aliphatic rings. The lowest BCUT2D eigenvalue weighted by Crippen LogP contribution is -2.52. The number of hydrogen-bond donors (Lipinski definition) is 1. The maximum Gasteiger partial charge on any atom is 0.324 e. The highest BCUT2D eigenvalue weighted by molar-refractivity contribution is 7.87. The van der Waals surface area contributed by atoms with Crippen molar-refractivity contribution in [2.24, 2.45) is 0 Å². The molecule has 20 heavy (non-hydrogen) atoms. The smallest absolute Gasteiger partial charge is 0.324 e. The van der Waals surface area contributed by atoms with Crippen LogP contribution in [0.1, 0.15) is 53.9 Å². The van der Waals surface area contributed by atoms with Crippen LogP contribution in [0.5, 0.6) is 0 Å². The Kier molecular flexibility index (Phi) is 5.57. The summed E-state index contributed by atoms with van der Waals surface area (Å²) in [4.78, 5) is 11.8. The van der Waals surface area contributed by atoms with E-state index in [0.717, 1.165) is 19.3 Å². The second-order valence-electron chi connectivity index (χ2n) is 6.33. The molecule has 0 spiro atoms. The largest absolute Gasteiger partial charge is 0.459 e. The lowest BCUT2D eigenvalue weighted by Gasteiger charge is -2.33. The molecule has 1 rings (SSSR count). The van der Waals surface area contributed by atoms with Crippen molar-refractivity contribution < 1.29 is 17.9 Å². The minimum atomic E-state index is -3.65. The van der Waals surface area contributed by atoms with Crippen molar-refractivity contribution in [1.29, 1.82) is 0 Å². The van der Waals surface area contributed by atoms with Crippen LogP contribution in [-0.2, 0) is 19.7 Å². The monoisotopic (exact) mass is 306 g/mol. The lowest BCUT2D eigenvalue weighted by atomic mass is 10.1. The van der Waals surface area contributed by atoms with E-state index in [1.165, 1.54) is 11.2 Å². The van der Waals surface area contributed by atoms with E-state index < -0.39 is 27.8 Å². The Bertz CT molecular complexity index is 442. The summed E-state index contributed by atoms with van der Waals surface area (Å²) in [6.45, 7) is 9.13. The summed E-state index contributed by atoms with van der Waals surface area (Å²) >= 11 is 0. The van der Waals surface area contributed by atoms with Gasteiger partial charge in [-0.3, -0.25) is 4.79 Å². The van der Waals surface area contributed by atoms with Crippen LogP contribution in [0, 0.1) is 0 Å². The van der Waals surface area contributed by atoms with Gasteiger partial charge >= 0.3 is 5.97 Å². The summed E-state index contributed by atoms with van der Waals surface area (Å²) in [5.74, 6) is -0.564. The van der Waals surface area contributed by atoms with Gasteiger partial charge in [-0.1, -0.05) is 6.42 Å². The number of piperidine rings is 1. The number of nitrogens with one attached hydrogen (secondary N) is 1. The summed E-state index contributed by atoms with van der Waals surface area (Å²) in [5, 5.41) is 0. The number of esters is 1. The van der Waals surface area contributed by atoms with E-state index in [-0.39, 0.29) is 6.04 Å². The summed E-state index contributed by atoms with van der Waals surface area (Å²) < 4.78 is 33.6. The third kappa shape index (κ3) is 5.03. The molecule has 1 saturated heterocycles. The van der Waals surface area contributed by atoms with Crippen molar-refractivity contribution in [3.8, 4) is 0 Å². The van der Waals surface area contributed by atoms with Crippen molar-refractivity contribution in [3.05, 3.63) is 0 Å². The molecule has 0 aliphatic carbocycles. The third-order valence-electron chi connectivity index (χ3n) is 3.14. The van der Waals surface area contributed by atoms with Crippen LogP contribution in [-0.4, -0.2) is 42.9 Å². The molecular formula is C13H26N2O4S. The second-order valence-corrected chi connectivity index (χ2v) is 7.99. The number of nitrogens with zero attached hydrogens (tertiary/aromatic N) is 1. The average Bonchev–Trinajstić information content (AvgIpc) is 2.26. The van der Waals surface area contributed by atoms with Crippen LogP contribution in [0.3, 0.4) is 0 Å². The molecular weight excluding hydrogens is 280 g/mol. The van der Waals surface area contributed by atoms with E-state index in [2.05, 4.69) is 4.72 Å². The van der Waals surface area contributed by atoms with E-state index in [9.17, 15) is 13.2 Å². The van der Waals surface area contributed by atoms with Gasteiger partial charge in [-0.15, -0.1) is 0 Å². The predicted octanol–water partition coefficient (Wildman–Crippen LogP) is 1.43. The number of carbonyl (C=O) groups excluding carboxylic acids is 1. The van der Waals surface area contributed by atoms with Crippen LogP contribution >= 0.6 is 0 Å². The summed E-state index contributed by atoms with van der Waals surface area (Å²) in [7, 11) is -3.65. The minimum absolute atomic E-state index is 0.0351. The van der Waals surface area contributed by atoms with Crippen LogP contribution in [0.2, 0.25) is 0 Å². The Balaban J connectivity index is 2.68.